The molecule has 3 N–H and O–H groups in total. The molecule has 0 fully saturated rings. The van der Waals surface area contributed by atoms with Crippen LogP contribution in [0, 0.1) is 5.41 Å². The van der Waals surface area contributed by atoms with Gasteiger partial charge in [-0.15, -0.1) is 0 Å². The van der Waals surface area contributed by atoms with Gasteiger partial charge in [-0.05, 0) is 45.3 Å². The van der Waals surface area contributed by atoms with Crippen LogP contribution in [0.15, 0.2) is 18.2 Å². The second-order valence-electron chi connectivity index (χ2n) is 5.22. The molecule has 0 spiro atoms. The van der Waals surface area contributed by atoms with Crippen molar-refractivity contribution in [3.63, 3.8) is 0 Å². The van der Waals surface area contributed by atoms with Gasteiger partial charge in [0, 0.05) is 24.8 Å². The zero-order valence-electron chi connectivity index (χ0n) is 12.5. The molecule has 0 aliphatic carbocycles. The van der Waals surface area contributed by atoms with Gasteiger partial charge in [0.15, 0.2) is 0 Å². The maximum absolute atomic E-state index is 13.0. The van der Waals surface area contributed by atoms with Crippen molar-refractivity contribution in [2.75, 3.05) is 39.1 Å². The summed E-state index contributed by atoms with van der Waals surface area (Å²) in [6, 6.07) is 3.86. The summed E-state index contributed by atoms with van der Waals surface area (Å²) in [5.41, 5.74) is 4.53. The Hall–Kier alpha value is -1.76. The van der Waals surface area contributed by atoms with Crippen LogP contribution in [0.3, 0.4) is 0 Å². The fourth-order valence-corrected chi connectivity index (χ4v) is 1.99. The first kappa shape index (κ1) is 17.3. The number of amidine groups is 1. The predicted octanol–water partition coefficient (Wildman–Crippen LogP) is 2.38. The van der Waals surface area contributed by atoms with Crippen LogP contribution >= 0.6 is 0 Å². The molecule has 21 heavy (non-hydrogen) atoms. The molecular weight excluding hydrogens is 281 g/mol. The van der Waals surface area contributed by atoms with Gasteiger partial charge in [0.25, 0.3) is 0 Å². The number of hydrogen-bond donors (Lipinski definition) is 2. The molecule has 0 saturated heterocycles. The van der Waals surface area contributed by atoms with Gasteiger partial charge < -0.3 is 15.5 Å². The standard InChI is InChI=1S/C14H21F3N4/c1-20(2)7-4-8-21(3)10-5-6-11(13(18)19)12(9-10)14(15,16)17/h5-6,9H,4,7-8H2,1-3H3,(H3,18,19). The average Bonchev–Trinajstić information content (AvgIpc) is 2.36. The van der Waals surface area contributed by atoms with Crippen molar-refractivity contribution in [1.82, 2.24) is 4.90 Å². The van der Waals surface area contributed by atoms with Crippen molar-refractivity contribution in [2.24, 2.45) is 5.73 Å². The summed E-state index contributed by atoms with van der Waals surface area (Å²) < 4.78 is 39.1. The third kappa shape index (κ3) is 4.93. The molecule has 0 aliphatic heterocycles. The van der Waals surface area contributed by atoms with Crippen LogP contribution in [0.5, 0.6) is 0 Å². The first-order chi connectivity index (χ1) is 9.62. The molecule has 0 heterocycles. The SMILES string of the molecule is CN(C)CCCN(C)c1ccc(C(=N)N)c(C(F)(F)F)c1. The lowest BCUT2D eigenvalue weighted by atomic mass is 10.0. The maximum Gasteiger partial charge on any atom is 0.417 e. The summed E-state index contributed by atoms with van der Waals surface area (Å²) in [5.74, 6) is -0.580. The third-order valence-electron chi connectivity index (χ3n) is 3.14. The number of nitrogen functional groups attached to an aromatic ring is 1. The van der Waals surface area contributed by atoms with Crippen LogP contribution in [0.2, 0.25) is 0 Å². The van der Waals surface area contributed by atoms with E-state index >= 15 is 0 Å². The zero-order valence-corrected chi connectivity index (χ0v) is 12.5. The van der Waals surface area contributed by atoms with E-state index in [2.05, 4.69) is 0 Å². The Morgan fingerprint density at radius 1 is 1.19 bits per heavy atom. The summed E-state index contributed by atoms with van der Waals surface area (Å²) >= 11 is 0. The number of nitrogens with two attached hydrogens (primary N) is 1. The predicted molar refractivity (Wildman–Crippen MR) is 78.9 cm³/mol. The lowest BCUT2D eigenvalue weighted by Crippen LogP contribution is -2.24. The van der Waals surface area contributed by atoms with Crippen LogP contribution in [0.1, 0.15) is 17.5 Å². The Bertz CT molecular complexity index is 497. The van der Waals surface area contributed by atoms with Gasteiger partial charge in [-0.25, -0.2) is 0 Å². The first-order valence-corrected chi connectivity index (χ1v) is 6.54. The quantitative estimate of drug-likeness (QED) is 0.626. The van der Waals surface area contributed by atoms with E-state index in [1.807, 2.05) is 19.0 Å². The number of alkyl halides is 3. The highest BCUT2D eigenvalue weighted by Crippen LogP contribution is 2.34. The molecule has 0 unspecified atom stereocenters. The summed E-state index contributed by atoms with van der Waals surface area (Å²) in [7, 11) is 5.64. The van der Waals surface area contributed by atoms with E-state index < -0.39 is 17.6 Å². The molecule has 0 atom stereocenters. The summed E-state index contributed by atoms with van der Waals surface area (Å²) in [6.45, 7) is 1.51. The second-order valence-corrected chi connectivity index (χ2v) is 5.22. The lowest BCUT2D eigenvalue weighted by molar-refractivity contribution is -0.137. The molecule has 118 valence electrons. The largest absolute Gasteiger partial charge is 0.417 e. The number of hydrogen-bond acceptors (Lipinski definition) is 3. The molecule has 4 nitrogen and oxygen atoms in total. The van der Waals surface area contributed by atoms with Crippen molar-refractivity contribution < 1.29 is 13.2 Å². The van der Waals surface area contributed by atoms with Gasteiger partial charge in [0.2, 0.25) is 0 Å². The fourth-order valence-electron chi connectivity index (χ4n) is 1.99. The Morgan fingerprint density at radius 2 is 1.81 bits per heavy atom. The Morgan fingerprint density at radius 3 is 2.29 bits per heavy atom. The highest BCUT2D eigenvalue weighted by molar-refractivity contribution is 5.97. The van der Waals surface area contributed by atoms with Crippen LogP contribution in [0.25, 0.3) is 0 Å². The molecule has 1 aromatic rings. The van der Waals surface area contributed by atoms with E-state index in [4.69, 9.17) is 11.1 Å². The Labute approximate surface area is 122 Å². The number of nitrogens with one attached hydrogen (secondary N) is 1. The fraction of sp³-hybridized carbons (Fsp3) is 0.500. The molecule has 0 bridgehead atoms. The highest BCUT2D eigenvalue weighted by atomic mass is 19.4. The average molecular weight is 302 g/mol. The molecular formula is C14H21F3N4. The second kappa shape index (κ2) is 6.80. The molecule has 0 aliphatic rings. The van der Waals surface area contributed by atoms with Crippen LogP contribution in [0.4, 0.5) is 18.9 Å². The van der Waals surface area contributed by atoms with Crippen molar-refractivity contribution in [1.29, 1.82) is 5.41 Å². The van der Waals surface area contributed by atoms with Gasteiger partial charge in [-0.2, -0.15) is 13.2 Å². The minimum atomic E-state index is -4.53. The minimum Gasteiger partial charge on any atom is -0.384 e. The van der Waals surface area contributed by atoms with E-state index in [9.17, 15) is 13.2 Å². The third-order valence-corrected chi connectivity index (χ3v) is 3.14. The molecule has 0 radical (unpaired) electrons. The summed E-state index contributed by atoms with van der Waals surface area (Å²) in [5, 5.41) is 7.25. The molecule has 1 aromatic carbocycles. The summed E-state index contributed by atoms with van der Waals surface area (Å²) in [6.07, 6.45) is -3.68. The van der Waals surface area contributed by atoms with Crippen molar-refractivity contribution in [3.05, 3.63) is 29.3 Å². The van der Waals surface area contributed by atoms with Gasteiger partial charge in [0.05, 0.1) is 5.56 Å². The molecule has 0 aromatic heterocycles. The van der Waals surface area contributed by atoms with E-state index in [0.717, 1.165) is 19.0 Å². The number of benzene rings is 1. The molecule has 7 heteroatoms. The number of rotatable bonds is 6. The van der Waals surface area contributed by atoms with Crippen LogP contribution < -0.4 is 10.6 Å². The normalized spacial score (nSPS) is 11.8. The highest BCUT2D eigenvalue weighted by Gasteiger charge is 2.34. The van der Waals surface area contributed by atoms with Gasteiger partial charge in [-0.3, -0.25) is 5.41 Å². The number of halogens is 3. The van der Waals surface area contributed by atoms with E-state index in [-0.39, 0.29) is 5.56 Å². The zero-order chi connectivity index (χ0) is 16.2. The van der Waals surface area contributed by atoms with Crippen molar-refractivity contribution in [2.45, 2.75) is 12.6 Å². The van der Waals surface area contributed by atoms with Gasteiger partial charge in [0.1, 0.15) is 5.84 Å². The van der Waals surface area contributed by atoms with Crippen LogP contribution in [-0.2, 0) is 6.18 Å². The number of anilines is 1. The van der Waals surface area contributed by atoms with E-state index in [0.29, 0.717) is 12.2 Å². The number of nitrogens with zero attached hydrogens (tertiary/aromatic N) is 2. The molecule has 0 amide bonds. The maximum atomic E-state index is 13.0. The van der Waals surface area contributed by atoms with Crippen molar-refractivity contribution >= 4 is 11.5 Å². The lowest BCUT2D eigenvalue weighted by Gasteiger charge is -2.22. The molecule has 0 saturated carbocycles. The topological polar surface area (TPSA) is 56.4 Å². The smallest absolute Gasteiger partial charge is 0.384 e. The Kier molecular flexibility index (Phi) is 5.60. The monoisotopic (exact) mass is 302 g/mol. The van der Waals surface area contributed by atoms with E-state index in [1.165, 1.54) is 6.07 Å². The summed E-state index contributed by atoms with van der Waals surface area (Å²) in [4.78, 5) is 3.79. The van der Waals surface area contributed by atoms with Gasteiger partial charge >= 0.3 is 6.18 Å². The van der Waals surface area contributed by atoms with Gasteiger partial charge in [-0.1, -0.05) is 0 Å². The molecule has 1 rings (SSSR count). The van der Waals surface area contributed by atoms with Crippen LogP contribution in [-0.4, -0.2) is 45.0 Å². The minimum absolute atomic E-state index is 0.284. The Balaban J connectivity index is 2.97. The van der Waals surface area contributed by atoms with Crippen molar-refractivity contribution in [3.8, 4) is 0 Å². The van der Waals surface area contributed by atoms with E-state index in [1.54, 1.807) is 18.0 Å². The first-order valence-electron chi connectivity index (χ1n) is 6.54.